The van der Waals surface area contributed by atoms with Crippen molar-refractivity contribution in [3.63, 3.8) is 0 Å². The Kier molecular flexibility index (Phi) is 6.37. The maximum Gasteiger partial charge on any atom is 0.204 e. The lowest BCUT2D eigenvalue weighted by Crippen LogP contribution is -2.76. The van der Waals surface area contributed by atoms with Gasteiger partial charge in [-0.05, 0) is 51.0 Å². The van der Waals surface area contributed by atoms with E-state index in [9.17, 15) is 4.79 Å². The van der Waals surface area contributed by atoms with Gasteiger partial charge < -0.3 is 9.73 Å². The van der Waals surface area contributed by atoms with E-state index in [1.165, 1.54) is 0 Å². The van der Waals surface area contributed by atoms with Crippen LogP contribution in [0.15, 0.2) is 52.9 Å². The number of fused-ring (bicyclic) bond motifs is 2. The van der Waals surface area contributed by atoms with Crippen molar-refractivity contribution in [1.29, 1.82) is 0 Å². The summed E-state index contributed by atoms with van der Waals surface area (Å²) in [4.78, 5) is 16.6. The smallest absolute Gasteiger partial charge is 0.204 e. The highest BCUT2D eigenvalue weighted by molar-refractivity contribution is 6.10. The van der Waals surface area contributed by atoms with Gasteiger partial charge in [-0.1, -0.05) is 38.1 Å². The van der Waals surface area contributed by atoms with Crippen molar-refractivity contribution in [3.8, 4) is 22.5 Å². The average molecular weight is 442 g/mol. The van der Waals surface area contributed by atoms with Crippen LogP contribution in [0.1, 0.15) is 49.2 Å². The van der Waals surface area contributed by atoms with E-state index < -0.39 is 0 Å². The lowest BCUT2D eigenvalue weighted by atomic mass is 9.86. The molecule has 0 atom stereocenters. The maximum absolute atomic E-state index is 13.2. The van der Waals surface area contributed by atoms with Gasteiger partial charge in [0, 0.05) is 51.9 Å². The number of benzene rings is 3. The molecule has 1 heterocycles. The molecule has 0 fully saturated rings. The number of rotatable bonds is 6. The van der Waals surface area contributed by atoms with E-state index in [4.69, 9.17) is 4.42 Å². The minimum absolute atomic E-state index is 0.0822. The molecule has 0 radical (unpaired) electrons. The molecule has 2 N–H and O–H groups in total. The molecule has 1 aliphatic heterocycles. The van der Waals surface area contributed by atoms with E-state index in [-0.39, 0.29) is 11.7 Å². The first-order valence-corrected chi connectivity index (χ1v) is 11.8. The topological polar surface area (TPSA) is 56.2 Å². The van der Waals surface area contributed by atoms with Crippen LogP contribution < -0.4 is 15.7 Å². The Labute approximate surface area is 195 Å². The van der Waals surface area contributed by atoms with Crippen LogP contribution in [0.4, 0.5) is 5.69 Å². The van der Waals surface area contributed by atoms with Crippen LogP contribution in [0.5, 0.6) is 0 Å². The van der Waals surface area contributed by atoms with Gasteiger partial charge in [0.05, 0.1) is 6.07 Å². The number of aryl methyl sites for hydroxylation is 2. The number of hydrogen-bond donors (Lipinski definition) is 2. The second-order valence-corrected chi connectivity index (χ2v) is 8.93. The zero-order valence-corrected chi connectivity index (χ0v) is 20.4. The third-order valence-corrected chi connectivity index (χ3v) is 6.13. The predicted molar refractivity (Wildman–Crippen MR) is 136 cm³/mol. The standard InChI is InChI=1S/C29H32N2O2/c1-7-30-24-15-26-22(13-18(24)5)28(20-11-9-10-12-21(20)29(32)17(3)4)23-14-19(6)25(31-8-2)16-27(23)33-26/h9-17,30H,7-8H2,1-6H3/p+1. The van der Waals surface area contributed by atoms with Gasteiger partial charge in [-0.3, -0.25) is 4.79 Å². The Morgan fingerprint density at radius 2 is 1.76 bits per heavy atom. The monoisotopic (exact) mass is 441 g/mol. The number of anilines is 1. The number of nitrogens with one attached hydrogen (secondary N) is 2. The highest BCUT2D eigenvalue weighted by Gasteiger charge is 2.24. The van der Waals surface area contributed by atoms with Crippen molar-refractivity contribution in [2.75, 3.05) is 18.4 Å². The minimum Gasteiger partial charge on any atom is -0.456 e. The van der Waals surface area contributed by atoms with E-state index >= 15 is 0 Å². The van der Waals surface area contributed by atoms with Crippen molar-refractivity contribution >= 4 is 22.4 Å². The summed E-state index contributed by atoms with van der Waals surface area (Å²) in [5.74, 6) is 0.869. The van der Waals surface area contributed by atoms with Gasteiger partial charge in [0.15, 0.2) is 5.78 Å². The molecule has 170 valence electrons. The molecule has 0 unspecified atom stereocenters. The Bertz CT molecular complexity index is 1380. The largest absolute Gasteiger partial charge is 0.456 e. The van der Waals surface area contributed by atoms with E-state index in [1.54, 1.807) is 0 Å². The zero-order chi connectivity index (χ0) is 23.7. The number of carbonyl (C=O) groups is 1. The average Bonchev–Trinajstić information content (AvgIpc) is 2.79. The quantitative estimate of drug-likeness (QED) is 0.324. The summed E-state index contributed by atoms with van der Waals surface area (Å²) in [5.41, 5.74) is 7.93. The predicted octanol–water partition coefficient (Wildman–Crippen LogP) is 5.09. The SMILES string of the molecule is CCNc1cc2oc3cc(=[NH+]CC)c(C)cc-3c(-c3ccccc3C(=O)C(C)C)c2cc1C. The molecule has 2 aromatic carbocycles. The number of carbonyl (C=O) groups excluding carboxylic acids is 1. The molecule has 33 heavy (non-hydrogen) atoms. The summed E-state index contributed by atoms with van der Waals surface area (Å²) in [6.45, 7) is 14.0. The first kappa shape index (κ1) is 22.8. The summed E-state index contributed by atoms with van der Waals surface area (Å²) < 4.78 is 6.48. The Morgan fingerprint density at radius 3 is 2.45 bits per heavy atom. The first-order chi connectivity index (χ1) is 15.8. The molecule has 1 aliphatic carbocycles. The van der Waals surface area contributed by atoms with Crippen LogP contribution in [0.2, 0.25) is 0 Å². The molecule has 0 saturated heterocycles. The van der Waals surface area contributed by atoms with Gasteiger partial charge in [-0.15, -0.1) is 0 Å². The summed E-state index contributed by atoms with van der Waals surface area (Å²) in [7, 11) is 0. The van der Waals surface area contributed by atoms with Crippen molar-refractivity contribution < 1.29 is 14.2 Å². The van der Waals surface area contributed by atoms with Gasteiger partial charge >= 0.3 is 0 Å². The van der Waals surface area contributed by atoms with Crippen molar-refractivity contribution in [2.24, 2.45) is 5.92 Å². The molecular weight excluding hydrogens is 408 g/mol. The third-order valence-electron chi connectivity index (χ3n) is 6.13. The second kappa shape index (κ2) is 9.22. The van der Waals surface area contributed by atoms with Gasteiger partial charge in [0.2, 0.25) is 5.36 Å². The number of ketones is 1. The van der Waals surface area contributed by atoms with Gasteiger partial charge in [-0.2, -0.15) is 0 Å². The fourth-order valence-electron chi connectivity index (χ4n) is 4.48. The molecule has 2 aliphatic rings. The van der Waals surface area contributed by atoms with Crippen molar-refractivity contribution in [3.05, 3.63) is 70.6 Å². The van der Waals surface area contributed by atoms with Crippen molar-refractivity contribution in [1.82, 2.24) is 0 Å². The van der Waals surface area contributed by atoms with E-state index in [2.05, 4.69) is 68.3 Å². The highest BCUT2D eigenvalue weighted by atomic mass is 16.3. The molecule has 0 bridgehead atoms. The molecule has 4 heteroatoms. The maximum atomic E-state index is 13.2. The number of hydrogen-bond acceptors (Lipinski definition) is 3. The van der Waals surface area contributed by atoms with Crippen LogP contribution in [-0.2, 0) is 0 Å². The third kappa shape index (κ3) is 4.18. The molecule has 4 nitrogen and oxygen atoms in total. The Morgan fingerprint density at radius 1 is 1.00 bits per heavy atom. The van der Waals surface area contributed by atoms with E-state index in [0.29, 0.717) is 0 Å². The fourth-order valence-corrected chi connectivity index (χ4v) is 4.48. The second-order valence-electron chi connectivity index (χ2n) is 8.93. The van der Waals surface area contributed by atoms with Crippen LogP contribution in [0.25, 0.3) is 33.4 Å². The fraction of sp³-hybridized carbons (Fsp3) is 0.310. The normalized spacial score (nSPS) is 12.2. The molecule has 0 amide bonds. The van der Waals surface area contributed by atoms with E-state index in [0.717, 1.165) is 74.2 Å². The summed E-state index contributed by atoms with van der Waals surface area (Å²) in [6, 6.07) is 16.5. The Balaban J connectivity index is 2.18. The number of Topliss-reactive ketones (excluding diaryl/α,β-unsaturated/α-hetero) is 1. The molecule has 0 saturated carbocycles. The minimum atomic E-state index is -0.0822. The lowest BCUT2D eigenvalue weighted by Gasteiger charge is -2.20. The summed E-state index contributed by atoms with van der Waals surface area (Å²) in [6.07, 6.45) is 0. The highest BCUT2D eigenvalue weighted by Crippen LogP contribution is 2.43. The molecule has 4 rings (SSSR count). The zero-order valence-electron chi connectivity index (χ0n) is 20.4. The van der Waals surface area contributed by atoms with Crippen molar-refractivity contribution in [2.45, 2.75) is 41.5 Å². The van der Waals surface area contributed by atoms with Crippen LogP contribution in [0, 0.1) is 19.8 Å². The first-order valence-electron chi connectivity index (χ1n) is 11.8. The molecule has 0 aromatic heterocycles. The van der Waals surface area contributed by atoms with Crippen LogP contribution >= 0.6 is 0 Å². The summed E-state index contributed by atoms with van der Waals surface area (Å²) >= 11 is 0. The molecule has 0 spiro atoms. The Hall–Kier alpha value is -3.40. The molecular formula is C29H33N2O2+. The van der Waals surface area contributed by atoms with Gasteiger partial charge in [0.1, 0.15) is 17.9 Å². The van der Waals surface area contributed by atoms with Crippen LogP contribution in [-0.4, -0.2) is 18.9 Å². The molecule has 2 aromatic rings. The van der Waals surface area contributed by atoms with Gasteiger partial charge in [0.25, 0.3) is 0 Å². The van der Waals surface area contributed by atoms with Crippen LogP contribution in [0.3, 0.4) is 0 Å². The van der Waals surface area contributed by atoms with E-state index in [1.807, 2.05) is 32.0 Å². The van der Waals surface area contributed by atoms with Gasteiger partial charge in [-0.25, -0.2) is 4.99 Å². The lowest BCUT2D eigenvalue weighted by molar-refractivity contribution is -0.496. The summed E-state index contributed by atoms with van der Waals surface area (Å²) in [5, 5.41) is 5.51.